The molecule has 0 aliphatic carbocycles. The molecule has 0 atom stereocenters. The van der Waals surface area contributed by atoms with Gasteiger partial charge in [0.2, 0.25) is 0 Å². The quantitative estimate of drug-likeness (QED) is 0.799. The normalized spacial score (nSPS) is 16.9. The minimum atomic E-state index is -3.08. The predicted octanol–water partition coefficient (Wildman–Crippen LogP) is 1.28. The molecule has 1 saturated heterocycles. The van der Waals surface area contributed by atoms with Gasteiger partial charge in [-0.3, -0.25) is 0 Å². The predicted molar refractivity (Wildman–Crippen MR) is 76.9 cm³/mol. The molecule has 0 aromatic heterocycles. The van der Waals surface area contributed by atoms with Gasteiger partial charge in [0, 0.05) is 25.9 Å². The van der Waals surface area contributed by atoms with E-state index in [2.05, 4.69) is 10.2 Å². The van der Waals surface area contributed by atoms with Gasteiger partial charge < -0.3 is 10.2 Å². The van der Waals surface area contributed by atoms with Crippen molar-refractivity contribution in [1.29, 1.82) is 0 Å². The maximum absolute atomic E-state index is 11.3. The Labute approximate surface area is 115 Å². The Morgan fingerprint density at radius 2 is 1.79 bits per heavy atom. The molecule has 1 aromatic carbocycles. The van der Waals surface area contributed by atoms with Gasteiger partial charge in [0.05, 0.1) is 4.90 Å². The van der Waals surface area contributed by atoms with E-state index in [0.717, 1.165) is 25.2 Å². The van der Waals surface area contributed by atoms with E-state index >= 15 is 0 Å². The van der Waals surface area contributed by atoms with Crippen LogP contribution in [-0.4, -0.2) is 45.8 Å². The first kappa shape index (κ1) is 14.5. The van der Waals surface area contributed by atoms with Gasteiger partial charge >= 0.3 is 0 Å². The summed E-state index contributed by atoms with van der Waals surface area (Å²) in [4.78, 5) is 2.85. The molecule has 0 spiro atoms. The lowest BCUT2D eigenvalue weighted by Gasteiger charge is -2.14. The summed E-state index contributed by atoms with van der Waals surface area (Å²) >= 11 is 0. The van der Waals surface area contributed by atoms with Gasteiger partial charge in [0.1, 0.15) is 0 Å². The molecule has 5 heteroatoms. The summed E-state index contributed by atoms with van der Waals surface area (Å²) in [5.41, 5.74) is 1.12. The zero-order valence-corrected chi connectivity index (χ0v) is 12.2. The largest absolute Gasteiger partial charge is 0.311 e. The molecule has 1 N–H and O–H groups in total. The highest BCUT2D eigenvalue weighted by molar-refractivity contribution is 7.90. The SMILES string of the molecule is CS(=O)(=O)c1ccc(CNCCN2CCCC2)cc1. The van der Waals surface area contributed by atoms with Crippen LogP contribution in [0, 0.1) is 0 Å². The van der Waals surface area contributed by atoms with Gasteiger partial charge in [0.25, 0.3) is 0 Å². The lowest BCUT2D eigenvalue weighted by molar-refractivity contribution is 0.335. The monoisotopic (exact) mass is 282 g/mol. The van der Waals surface area contributed by atoms with Gasteiger partial charge in [-0.25, -0.2) is 8.42 Å². The maximum atomic E-state index is 11.3. The third-order valence-corrected chi connectivity index (χ3v) is 4.61. The van der Waals surface area contributed by atoms with Gasteiger partial charge in [-0.1, -0.05) is 12.1 Å². The van der Waals surface area contributed by atoms with Crippen LogP contribution in [0.5, 0.6) is 0 Å². The van der Waals surface area contributed by atoms with E-state index in [4.69, 9.17) is 0 Å². The van der Waals surface area contributed by atoms with Gasteiger partial charge in [-0.05, 0) is 43.6 Å². The molecule has 0 saturated carbocycles. The molecule has 1 aliphatic heterocycles. The van der Waals surface area contributed by atoms with Crippen LogP contribution in [-0.2, 0) is 16.4 Å². The lowest BCUT2D eigenvalue weighted by atomic mass is 10.2. The molecule has 0 unspecified atom stereocenters. The van der Waals surface area contributed by atoms with Crippen molar-refractivity contribution in [3.8, 4) is 0 Å². The van der Waals surface area contributed by atoms with Crippen molar-refractivity contribution in [2.24, 2.45) is 0 Å². The third-order valence-electron chi connectivity index (χ3n) is 3.48. The topological polar surface area (TPSA) is 49.4 Å². The first-order chi connectivity index (χ1) is 9.05. The van der Waals surface area contributed by atoms with Crippen molar-refractivity contribution >= 4 is 9.84 Å². The van der Waals surface area contributed by atoms with Crippen LogP contribution in [0.3, 0.4) is 0 Å². The standard InChI is InChI=1S/C14H22N2O2S/c1-19(17,18)14-6-4-13(5-7-14)12-15-8-11-16-9-2-3-10-16/h4-7,15H,2-3,8-12H2,1H3. The molecule has 4 nitrogen and oxygen atoms in total. The smallest absolute Gasteiger partial charge is 0.175 e. The fourth-order valence-electron chi connectivity index (χ4n) is 2.33. The Bertz CT molecular complexity index is 491. The average Bonchev–Trinajstić information content (AvgIpc) is 2.87. The summed E-state index contributed by atoms with van der Waals surface area (Å²) in [7, 11) is -3.08. The van der Waals surface area contributed by atoms with Crippen molar-refractivity contribution < 1.29 is 8.42 Å². The van der Waals surface area contributed by atoms with Crippen molar-refractivity contribution in [2.45, 2.75) is 24.3 Å². The van der Waals surface area contributed by atoms with Crippen molar-refractivity contribution in [1.82, 2.24) is 10.2 Å². The molecular weight excluding hydrogens is 260 g/mol. The summed E-state index contributed by atoms with van der Waals surface area (Å²) in [5, 5.41) is 3.40. The Kier molecular flexibility index (Phi) is 4.96. The van der Waals surface area contributed by atoms with Gasteiger partial charge in [0.15, 0.2) is 9.84 Å². The first-order valence-corrected chi connectivity index (χ1v) is 8.67. The molecule has 2 rings (SSSR count). The minimum Gasteiger partial charge on any atom is -0.311 e. The fourth-order valence-corrected chi connectivity index (χ4v) is 2.96. The number of nitrogens with zero attached hydrogens (tertiary/aromatic N) is 1. The number of nitrogens with one attached hydrogen (secondary N) is 1. The summed E-state index contributed by atoms with van der Waals surface area (Å²) in [6.07, 6.45) is 3.89. The van der Waals surface area contributed by atoms with E-state index in [0.29, 0.717) is 4.90 Å². The Morgan fingerprint density at radius 3 is 2.37 bits per heavy atom. The van der Waals surface area contributed by atoms with E-state index in [-0.39, 0.29) is 0 Å². The summed E-state index contributed by atoms with van der Waals surface area (Å²) in [6.45, 7) is 5.32. The van der Waals surface area contributed by atoms with Crippen LogP contribution in [0.1, 0.15) is 18.4 Å². The third kappa shape index (κ3) is 4.60. The fraction of sp³-hybridized carbons (Fsp3) is 0.571. The highest BCUT2D eigenvalue weighted by Gasteiger charge is 2.10. The lowest BCUT2D eigenvalue weighted by Crippen LogP contribution is -2.29. The molecule has 1 heterocycles. The minimum absolute atomic E-state index is 0.383. The highest BCUT2D eigenvalue weighted by Crippen LogP contribution is 2.10. The molecule has 0 amide bonds. The second-order valence-electron chi connectivity index (χ2n) is 5.14. The molecule has 1 fully saturated rings. The number of sulfone groups is 1. The number of rotatable bonds is 6. The van der Waals surface area contributed by atoms with Crippen LogP contribution >= 0.6 is 0 Å². The van der Waals surface area contributed by atoms with Crippen LogP contribution < -0.4 is 5.32 Å². The number of likely N-dealkylation sites (tertiary alicyclic amines) is 1. The zero-order valence-electron chi connectivity index (χ0n) is 11.4. The van der Waals surface area contributed by atoms with Gasteiger partial charge in [-0.2, -0.15) is 0 Å². The van der Waals surface area contributed by atoms with Crippen LogP contribution in [0.4, 0.5) is 0 Å². The Hall–Kier alpha value is -0.910. The Morgan fingerprint density at radius 1 is 1.16 bits per heavy atom. The maximum Gasteiger partial charge on any atom is 0.175 e. The summed E-state index contributed by atoms with van der Waals surface area (Å²) in [5.74, 6) is 0. The second-order valence-corrected chi connectivity index (χ2v) is 7.16. The van der Waals surface area contributed by atoms with Crippen LogP contribution in [0.25, 0.3) is 0 Å². The van der Waals surface area contributed by atoms with Crippen LogP contribution in [0.15, 0.2) is 29.2 Å². The second kappa shape index (κ2) is 6.50. The Balaban J connectivity index is 1.74. The summed E-state index contributed by atoms with van der Waals surface area (Å²) < 4.78 is 22.7. The first-order valence-electron chi connectivity index (χ1n) is 6.78. The number of hydrogen-bond donors (Lipinski definition) is 1. The number of benzene rings is 1. The van der Waals surface area contributed by atoms with E-state index in [1.54, 1.807) is 12.1 Å². The van der Waals surface area contributed by atoms with Crippen molar-refractivity contribution in [2.75, 3.05) is 32.4 Å². The van der Waals surface area contributed by atoms with Crippen molar-refractivity contribution in [3.05, 3.63) is 29.8 Å². The molecule has 1 aliphatic rings. The molecular formula is C14H22N2O2S. The van der Waals surface area contributed by atoms with E-state index in [1.807, 2.05) is 12.1 Å². The zero-order chi connectivity index (χ0) is 13.7. The van der Waals surface area contributed by atoms with Gasteiger partial charge in [-0.15, -0.1) is 0 Å². The molecule has 106 valence electrons. The average molecular weight is 282 g/mol. The van der Waals surface area contributed by atoms with E-state index in [1.165, 1.54) is 32.2 Å². The molecule has 0 bridgehead atoms. The molecule has 1 aromatic rings. The molecule has 0 radical (unpaired) electrons. The molecule has 19 heavy (non-hydrogen) atoms. The van der Waals surface area contributed by atoms with E-state index in [9.17, 15) is 8.42 Å². The van der Waals surface area contributed by atoms with Crippen LogP contribution in [0.2, 0.25) is 0 Å². The highest BCUT2D eigenvalue weighted by atomic mass is 32.2. The van der Waals surface area contributed by atoms with E-state index < -0.39 is 9.84 Å². The van der Waals surface area contributed by atoms with Crippen molar-refractivity contribution in [3.63, 3.8) is 0 Å². The summed E-state index contributed by atoms with van der Waals surface area (Å²) in [6, 6.07) is 7.10. The number of hydrogen-bond acceptors (Lipinski definition) is 4.